The maximum Gasteiger partial charge on any atom is 0.231 e. The lowest BCUT2D eigenvalue weighted by atomic mass is 9.95. The van der Waals surface area contributed by atoms with Gasteiger partial charge in [-0.1, -0.05) is 19.3 Å². The predicted octanol–water partition coefficient (Wildman–Crippen LogP) is 5.13. The third kappa shape index (κ3) is 4.15. The van der Waals surface area contributed by atoms with Gasteiger partial charge in [0.05, 0.1) is 35.1 Å². The number of ether oxygens (including phenoxy) is 1. The van der Waals surface area contributed by atoms with Gasteiger partial charge in [-0.15, -0.1) is 0 Å². The number of aromatic nitrogens is 5. The van der Waals surface area contributed by atoms with E-state index >= 15 is 0 Å². The van der Waals surface area contributed by atoms with Gasteiger partial charge in [-0.2, -0.15) is 15.2 Å². The molecule has 1 aliphatic carbocycles. The molecule has 34 heavy (non-hydrogen) atoms. The van der Waals surface area contributed by atoms with Crippen LogP contribution in [0.2, 0.25) is 0 Å². The number of hydrogen-bond acceptors (Lipinski definition) is 7. The smallest absolute Gasteiger partial charge is 0.231 e. The zero-order valence-electron chi connectivity index (χ0n) is 19.6. The molecule has 3 N–H and O–H groups in total. The average molecular weight is 457 g/mol. The van der Waals surface area contributed by atoms with E-state index in [1.807, 2.05) is 42.8 Å². The van der Waals surface area contributed by atoms with Crippen molar-refractivity contribution in [1.29, 1.82) is 5.26 Å². The van der Waals surface area contributed by atoms with Crippen LogP contribution >= 0.6 is 0 Å². The molecule has 5 rings (SSSR count). The second-order valence-corrected chi connectivity index (χ2v) is 8.72. The minimum atomic E-state index is 0.344. The first kappa shape index (κ1) is 21.8. The molecule has 4 aromatic rings. The van der Waals surface area contributed by atoms with Crippen molar-refractivity contribution >= 4 is 28.5 Å². The number of hydrogen-bond donors (Lipinski definition) is 3. The van der Waals surface area contributed by atoms with Crippen molar-refractivity contribution in [2.45, 2.75) is 52.0 Å². The van der Waals surface area contributed by atoms with E-state index in [0.29, 0.717) is 34.8 Å². The fraction of sp³-hybridized carbons (Fsp3) is 0.360. The first-order chi connectivity index (χ1) is 16.6. The van der Waals surface area contributed by atoms with Crippen molar-refractivity contribution in [1.82, 2.24) is 24.5 Å². The molecule has 9 heteroatoms. The Balaban J connectivity index is 1.49. The number of methoxy groups -OCH3 is 1. The van der Waals surface area contributed by atoms with Crippen LogP contribution in [0, 0.1) is 25.2 Å². The van der Waals surface area contributed by atoms with Gasteiger partial charge in [-0.3, -0.25) is 0 Å². The largest absolute Gasteiger partial charge is 0.494 e. The Hall–Kier alpha value is -4.06. The fourth-order valence-corrected chi connectivity index (χ4v) is 4.65. The molecule has 0 aliphatic heterocycles. The van der Waals surface area contributed by atoms with Gasteiger partial charge in [0.25, 0.3) is 0 Å². The van der Waals surface area contributed by atoms with E-state index in [1.165, 1.54) is 19.3 Å². The van der Waals surface area contributed by atoms with Gasteiger partial charge < -0.3 is 24.9 Å². The minimum absolute atomic E-state index is 0.344. The Labute approximate surface area is 198 Å². The van der Waals surface area contributed by atoms with Crippen LogP contribution in [-0.2, 0) is 0 Å². The monoisotopic (exact) mass is 456 g/mol. The van der Waals surface area contributed by atoms with Gasteiger partial charge in [0.1, 0.15) is 29.1 Å². The van der Waals surface area contributed by atoms with E-state index in [9.17, 15) is 5.26 Å². The van der Waals surface area contributed by atoms with Crippen LogP contribution in [0.1, 0.15) is 49.2 Å². The van der Waals surface area contributed by atoms with Crippen molar-refractivity contribution in [3.05, 3.63) is 47.7 Å². The highest BCUT2D eigenvalue weighted by molar-refractivity contribution is 5.93. The van der Waals surface area contributed by atoms with Gasteiger partial charge in [0.15, 0.2) is 0 Å². The predicted molar refractivity (Wildman–Crippen MR) is 132 cm³/mol. The van der Waals surface area contributed by atoms with Crippen LogP contribution in [0.4, 0.5) is 17.5 Å². The molecule has 3 heterocycles. The van der Waals surface area contributed by atoms with Crippen LogP contribution in [0.3, 0.4) is 0 Å². The number of anilines is 3. The molecule has 0 bridgehead atoms. The number of fused-ring (bicyclic) bond motifs is 1. The maximum atomic E-state index is 9.58. The lowest BCUT2D eigenvalue weighted by Crippen LogP contribution is -2.23. The number of nitriles is 1. The summed E-state index contributed by atoms with van der Waals surface area (Å²) in [6.07, 6.45) is 9.55. The SMILES string of the molecule is COc1cc(-n2cc(C)nc2C)ccc1Nc1nc(NC2CCCCC2)c2c(C#N)c[nH]c2n1. The van der Waals surface area contributed by atoms with Crippen molar-refractivity contribution in [3.63, 3.8) is 0 Å². The minimum Gasteiger partial charge on any atom is -0.494 e. The second kappa shape index (κ2) is 9.06. The molecule has 0 atom stereocenters. The number of aryl methyl sites for hydroxylation is 2. The van der Waals surface area contributed by atoms with E-state index in [-0.39, 0.29) is 0 Å². The molecular weight excluding hydrogens is 428 g/mol. The van der Waals surface area contributed by atoms with E-state index < -0.39 is 0 Å². The second-order valence-electron chi connectivity index (χ2n) is 8.72. The molecule has 174 valence electrons. The lowest BCUT2D eigenvalue weighted by molar-refractivity contribution is 0.416. The van der Waals surface area contributed by atoms with Gasteiger partial charge in [-0.25, -0.2) is 4.98 Å². The number of aromatic amines is 1. The number of benzene rings is 1. The first-order valence-corrected chi connectivity index (χ1v) is 11.6. The Morgan fingerprint density at radius 3 is 2.68 bits per heavy atom. The van der Waals surface area contributed by atoms with E-state index in [0.717, 1.165) is 41.1 Å². The molecule has 3 aromatic heterocycles. The average Bonchev–Trinajstić information content (AvgIpc) is 3.42. The molecule has 0 saturated heterocycles. The molecule has 1 aromatic carbocycles. The Bertz CT molecular complexity index is 1370. The Morgan fingerprint density at radius 2 is 1.97 bits per heavy atom. The van der Waals surface area contributed by atoms with Gasteiger partial charge in [0, 0.05) is 24.5 Å². The van der Waals surface area contributed by atoms with Gasteiger partial charge >= 0.3 is 0 Å². The van der Waals surface area contributed by atoms with Crippen LogP contribution in [0.15, 0.2) is 30.6 Å². The fourth-order valence-electron chi connectivity index (χ4n) is 4.65. The summed E-state index contributed by atoms with van der Waals surface area (Å²) in [6.45, 7) is 3.95. The van der Waals surface area contributed by atoms with Crippen molar-refractivity contribution in [3.8, 4) is 17.5 Å². The van der Waals surface area contributed by atoms with Crippen LogP contribution in [0.5, 0.6) is 5.75 Å². The summed E-state index contributed by atoms with van der Waals surface area (Å²) in [5.74, 6) is 2.68. The summed E-state index contributed by atoms with van der Waals surface area (Å²) in [4.78, 5) is 17.0. The zero-order valence-corrected chi connectivity index (χ0v) is 19.6. The van der Waals surface area contributed by atoms with Gasteiger partial charge in [-0.05, 0) is 38.8 Å². The number of nitrogens with one attached hydrogen (secondary N) is 3. The van der Waals surface area contributed by atoms with Crippen LogP contribution in [-0.4, -0.2) is 37.7 Å². The highest BCUT2D eigenvalue weighted by Crippen LogP contribution is 2.33. The number of rotatable bonds is 6. The van der Waals surface area contributed by atoms with Crippen LogP contribution < -0.4 is 15.4 Å². The quantitative estimate of drug-likeness (QED) is 0.368. The van der Waals surface area contributed by atoms with Gasteiger partial charge in [0.2, 0.25) is 5.95 Å². The van der Waals surface area contributed by atoms with Crippen molar-refractivity contribution in [2.24, 2.45) is 0 Å². The lowest BCUT2D eigenvalue weighted by Gasteiger charge is -2.24. The molecule has 1 aliphatic rings. The van der Waals surface area contributed by atoms with Crippen LogP contribution in [0.25, 0.3) is 16.7 Å². The maximum absolute atomic E-state index is 9.58. The molecule has 0 unspecified atom stereocenters. The number of imidazole rings is 1. The summed E-state index contributed by atoms with van der Waals surface area (Å²) >= 11 is 0. The molecule has 0 radical (unpaired) electrons. The number of H-pyrrole nitrogens is 1. The Morgan fingerprint density at radius 1 is 1.15 bits per heavy atom. The Kier molecular flexibility index (Phi) is 5.80. The molecule has 1 fully saturated rings. The molecule has 0 amide bonds. The van der Waals surface area contributed by atoms with E-state index in [2.05, 4.69) is 31.7 Å². The summed E-state index contributed by atoms with van der Waals surface area (Å²) in [7, 11) is 1.64. The third-order valence-electron chi connectivity index (χ3n) is 6.31. The van der Waals surface area contributed by atoms with Crippen molar-refractivity contribution < 1.29 is 4.74 Å². The number of nitrogens with zero attached hydrogens (tertiary/aromatic N) is 5. The van der Waals surface area contributed by atoms with E-state index in [4.69, 9.17) is 9.72 Å². The van der Waals surface area contributed by atoms with Crippen molar-refractivity contribution in [2.75, 3.05) is 17.7 Å². The first-order valence-electron chi connectivity index (χ1n) is 11.6. The zero-order chi connectivity index (χ0) is 23.7. The highest BCUT2D eigenvalue weighted by atomic mass is 16.5. The standard InChI is InChI=1S/C25H28N8O/c1-15-14-33(16(2)28-15)19-9-10-20(21(11-19)34-3)30-25-31-23-22(17(12-26)13-27-23)24(32-25)29-18-7-5-4-6-8-18/h9-11,13-14,18H,4-8H2,1-3H3,(H3,27,29,30,31,32). The summed E-state index contributed by atoms with van der Waals surface area (Å²) < 4.78 is 7.70. The third-order valence-corrected chi connectivity index (χ3v) is 6.31. The molecule has 0 spiro atoms. The van der Waals surface area contributed by atoms with E-state index in [1.54, 1.807) is 13.3 Å². The highest BCUT2D eigenvalue weighted by Gasteiger charge is 2.19. The summed E-state index contributed by atoms with van der Waals surface area (Å²) in [6, 6.07) is 8.49. The molecular formula is C25H28N8O. The summed E-state index contributed by atoms with van der Waals surface area (Å²) in [5, 5.41) is 17.2. The summed E-state index contributed by atoms with van der Waals surface area (Å²) in [5.41, 5.74) is 3.82. The molecule has 9 nitrogen and oxygen atoms in total. The topological polar surface area (TPSA) is 116 Å². The normalized spacial score (nSPS) is 14.2. The molecule has 1 saturated carbocycles.